The lowest BCUT2D eigenvalue weighted by molar-refractivity contribution is -0.384. The molecule has 18 heavy (non-hydrogen) atoms. The second-order valence-corrected chi connectivity index (χ2v) is 4.37. The van der Waals surface area contributed by atoms with E-state index in [1.165, 1.54) is 12.1 Å². The monoisotopic (exact) mass is 305 g/mol. The maximum absolute atomic E-state index is 10.5. The molecule has 90 valence electrons. The van der Waals surface area contributed by atoms with Gasteiger partial charge in [-0.1, -0.05) is 15.9 Å². The third-order valence-corrected chi connectivity index (χ3v) is 2.70. The summed E-state index contributed by atoms with van der Waals surface area (Å²) >= 11 is 3.33. The average molecular weight is 306 g/mol. The number of rotatable bonds is 3. The molecule has 0 aliphatic rings. The molecule has 0 saturated carbocycles. The Morgan fingerprint density at radius 3 is 1.78 bits per heavy atom. The largest absolute Gasteiger partial charge is 0.269 e. The summed E-state index contributed by atoms with van der Waals surface area (Å²) < 4.78 is 0.969. The van der Waals surface area contributed by atoms with E-state index in [1.54, 1.807) is 12.1 Å². The maximum Gasteiger partial charge on any atom is 0.269 e. The van der Waals surface area contributed by atoms with E-state index in [-0.39, 0.29) is 5.69 Å². The van der Waals surface area contributed by atoms with E-state index in [4.69, 9.17) is 0 Å². The molecule has 0 N–H and O–H groups in total. The Hall–Kier alpha value is -2.08. The predicted molar refractivity (Wildman–Crippen MR) is 71.4 cm³/mol. The lowest BCUT2D eigenvalue weighted by atomic mass is 10.3. The van der Waals surface area contributed by atoms with Crippen LogP contribution in [0.1, 0.15) is 0 Å². The first-order chi connectivity index (χ1) is 8.65. The van der Waals surface area contributed by atoms with Gasteiger partial charge in [0.1, 0.15) is 0 Å². The van der Waals surface area contributed by atoms with Crippen LogP contribution in [-0.4, -0.2) is 4.92 Å². The molecule has 0 radical (unpaired) electrons. The van der Waals surface area contributed by atoms with Gasteiger partial charge in [-0.25, -0.2) is 0 Å². The number of benzene rings is 2. The fourth-order valence-corrected chi connectivity index (χ4v) is 1.53. The molecule has 0 spiro atoms. The van der Waals surface area contributed by atoms with Crippen LogP contribution in [0.2, 0.25) is 0 Å². The van der Waals surface area contributed by atoms with Gasteiger partial charge < -0.3 is 0 Å². The molecule has 2 aromatic carbocycles. The minimum Gasteiger partial charge on any atom is -0.258 e. The Kier molecular flexibility index (Phi) is 3.78. The number of nitrogens with zero attached hydrogens (tertiary/aromatic N) is 3. The van der Waals surface area contributed by atoms with Gasteiger partial charge in [0, 0.05) is 16.6 Å². The summed E-state index contributed by atoms with van der Waals surface area (Å²) in [4.78, 5) is 10.0. The number of hydrogen-bond donors (Lipinski definition) is 0. The smallest absolute Gasteiger partial charge is 0.258 e. The number of hydrogen-bond acceptors (Lipinski definition) is 4. The summed E-state index contributed by atoms with van der Waals surface area (Å²) in [7, 11) is 0. The van der Waals surface area contributed by atoms with E-state index >= 15 is 0 Å². The summed E-state index contributed by atoms with van der Waals surface area (Å²) in [5.41, 5.74) is 1.33. The van der Waals surface area contributed by atoms with Gasteiger partial charge >= 0.3 is 0 Å². The van der Waals surface area contributed by atoms with Crippen LogP contribution in [0.25, 0.3) is 0 Å². The van der Waals surface area contributed by atoms with Crippen LogP contribution in [0.5, 0.6) is 0 Å². The van der Waals surface area contributed by atoms with Crippen molar-refractivity contribution in [1.82, 2.24) is 0 Å². The molecule has 0 atom stereocenters. The number of nitro groups is 1. The van der Waals surface area contributed by atoms with E-state index in [1.807, 2.05) is 24.3 Å². The minimum atomic E-state index is -0.449. The Morgan fingerprint density at radius 1 is 0.889 bits per heavy atom. The van der Waals surface area contributed by atoms with Gasteiger partial charge in [-0.05, 0) is 36.4 Å². The average Bonchev–Trinajstić information content (AvgIpc) is 2.38. The molecular formula is C12H8BrN3O2. The van der Waals surface area contributed by atoms with Crippen molar-refractivity contribution < 1.29 is 4.92 Å². The summed E-state index contributed by atoms with van der Waals surface area (Å²) in [6.45, 7) is 0. The van der Waals surface area contributed by atoms with Crippen molar-refractivity contribution in [2.24, 2.45) is 10.2 Å². The van der Waals surface area contributed by atoms with Crippen LogP contribution in [0, 0.1) is 10.1 Å². The van der Waals surface area contributed by atoms with Crippen molar-refractivity contribution in [3.63, 3.8) is 0 Å². The first-order valence-electron chi connectivity index (χ1n) is 5.07. The van der Waals surface area contributed by atoms with E-state index in [2.05, 4.69) is 26.2 Å². The Morgan fingerprint density at radius 2 is 1.33 bits per heavy atom. The van der Waals surface area contributed by atoms with Crippen LogP contribution in [-0.2, 0) is 0 Å². The standard InChI is InChI=1S/C12H8BrN3O2/c13-9-1-3-10(4-2-9)14-15-11-5-7-12(8-6-11)16(17)18/h1-8H. The SMILES string of the molecule is O=[N+]([O-])c1ccc(N=Nc2ccc(Br)cc2)cc1. The van der Waals surface area contributed by atoms with Crippen LogP contribution in [0.15, 0.2) is 63.2 Å². The van der Waals surface area contributed by atoms with Gasteiger partial charge in [0.15, 0.2) is 0 Å². The van der Waals surface area contributed by atoms with Crippen molar-refractivity contribution in [2.45, 2.75) is 0 Å². The lowest BCUT2D eigenvalue weighted by Gasteiger charge is -1.94. The third-order valence-electron chi connectivity index (χ3n) is 2.17. The fourth-order valence-electron chi connectivity index (χ4n) is 1.26. The molecule has 0 aliphatic heterocycles. The first kappa shape index (κ1) is 12.4. The molecule has 2 aromatic rings. The topological polar surface area (TPSA) is 67.9 Å². The predicted octanol–water partition coefficient (Wildman–Crippen LogP) is 4.77. The van der Waals surface area contributed by atoms with Crippen LogP contribution in [0.4, 0.5) is 17.1 Å². The quantitative estimate of drug-likeness (QED) is 0.465. The minimum absolute atomic E-state index is 0.0394. The fraction of sp³-hybridized carbons (Fsp3) is 0. The van der Waals surface area contributed by atoms with Crippen LogP contribution in [0.3, 0.4) is 0 Å². The van der Waals surface area contributed by atoms with Gasteiger partial charge in [-0.3, -0.25) is 10.1 Å². The first-order valence-corrected chi connectivity index (χ1v) is 5.86. The summed E-state index contributed by atoms with van der Waals surface area (Å²) in [6.07, 6.45) is 0. The zero-order valence-electron chi connectivity index (χ0n) is 9.15. The van der Waals surface area contributed by atoms with Gasteiger partial charge in [-0.2, -0.15) is 10.2 Å². The molecule has 0 aliphatic carbocycles. The second kappa shape index (κ2) is 5.50. The molecule has 0 amide bonds. The van der Waals surface area contributed by atoms with Crippen molar-refractivity contribution in [3.05, 3.63) is 63.1 Å². The van der Waals surface area contributed by atoms with Gasteiger partial charge in [0.25, 0.3) is 5.69 Å². The summed E-state index contributed by atoms with van der Waals surface area (Å²) in [6, 6.07) is 13.3. The van der Waals surface area contributed by atoms with Crippen molar-refractivity contribution in [1.29, 1.82) is 0 Å². The van der Waals surface area contributed by atoms with E-state index < -0.39 is 4.92 Å². The highest BCUT2D eigenvalue weighted by Gasteiger charge is 2.02. The van der Waals surface area contributed by atoms with E-state index in [0.717, 1.165) is 10.2 Å². The molecule has 0 heterocycles. The van der Waals surface area contributed by atoms with Crippen molar-refractivity contribution >= 4 is 33.0 Å². The Labute approximate surface area is 111 Å². The summed E-state index contributed by atoms with van der Waals surface area (Å²) in [5.74, 6) is 0. The molecular weight excluding hydrogens is 298 g/mol. The van der Waals surface area contributed by atoms with Gasteiger partial charge in [0.2, 0.25) is 0 Å². The van der Waals surface area contributed by atoms with Crippen LogP contribution < -0.4 is 0 Å². The molecule has 0 unspecified atom stereocenters. The third kappa shape index (κ3) is 3.21. The zero-order valence-corrected chi connectivity index (χ0v) is 10.7. The lowest BCUT2D eigenvalue weighted by Crippen LogP contribution is -1.85. The highest BCUT2D eigenvalue weighted by Crippen LogP contribution is 2.22. The molecule has 6 heteroatoms. The van der Waals surface area contributed by atoms with Crippen molar-refractivity contribution in [2.75, 3.05) is 0 Å². The van der Waals surface area contributed by atoms with E-state index in [9.17, 15) is 10.1 Å². The highest BCUT2D eigenvalue weighted by molar-refractivity contribution is 9.10. The number of halogens is 1. The maximum atomic E-state index is 10.5. The second-order valence-electron chi connectivity index (χ2n) is 3.45. The zero-order chi connectivity index (χ0) is 13.0. The van der Waals surface area contributed by atoms with Gasteiger partial charge in [-0.15, -0.1) is 0 Å². The molecule has 5 nitrogen and oxygen atoms in total. The molecule has 2 rings (SSSR count). The molecule has 0 fully saturated rings. The normalized spacial score (nSPS) is 10.7. The Balaban J connectivity index is 2.13. The van der Waals surface area contributed by atoms with Crippen molar-refractivity contribution in [3.8, 4) is 0 Å². The molecule has 0 bridgehead atoms. The molecule has 0 saturated heterocycles. The van der Waals surface area contributed by atoms with E-state index in [0.29, 0.717) is 5.69 Å². The Bertz CT molecular complexity index is 579. The summed E-state index contributed by atoms with van der Waals surface area (Å²) in [5, 5.41) is 18.5. The highest BCUT2D eigenvalue weighted by atomic mass is 79.9. The number of non-ortho nitro benzene ring substituents is 1. The van der Waals surface area contributed by atoms with Gasteiger partial charge in [0.05, 0.1) is 16.3 Å². The number of nitro benzene ring substituents is 1. The number of azo groups is 1. The molecule has 0 aromatic heterocycles. The van der Waals surface area contributed by atoms with Crippen LogP contribution >= 0.6 is 15.9 Å².